The van der Waals surface area contributed by atoms with Crippen molar-refractivity contribution in [3.05, 3.63) is 30.0 Å². The number of aliphatic hydroxyl groups is 1. The molecule has 5 rings (SSSR count). The van der Waals surface area contributed by atoms with E-state index in [0.29, 0.717) is 41.5 Å². The molecular weight excluding hydrogens is 461 g/mol. The topological polar surface area (TPSA) is 105 Å². The van der Waals surface area contributed by atoms with E-state index in [4.69, 9.17) is 0 Å². The van der Waals surface area contributed by atoms with Crippen LogP contribution < -0.4 is 10.6 Å². The molecule has 186 valence electrons. The van der Waals surface area contributed by atoms with Crippen molar-refractivity contribution >= 4 is 28.4 Å². The number of hydrogen-bond acceptors (Lipinski definition) is 7. The SMILES string of the molecule is CNc1nc(NC2CCC(C)(O)CC2)nn2cc(F)c(-c3ccc4nc(C)n(CC(F)F)c4n3)c12. The molecule has 0 radical (unpaired) electrons. The van der Waals surface area contributed by atoms with Crippen molar-refractivity contribution < 1.29 is 18.3 Å². The molecule has 0 atom stereocenters. The monoisotopic (exact) mass is 488 g/mol. The van der Waals surface area contributed by atoms with E-state index in [2.05, 4.69) is 30.7 Å². The molecule has 0 aromatic carbocycles. The summed E-state index contributed by atoms with van der Waals surface area (Å²) in [4.78, 5) is 13.3. The summed E-state index contributed by atoms with van der Waals surface area (Å²) >= 11 is 0. The first kappa shape index (κ1) is 23.3. The Labute approximate surface area is 199 Å². The molecule has 12 heteroatoms. The van der Waals surface area contributed by atoms with Gasteiger partial charge in [-0.3, -0.25) is 0 Å². The zero-order chi connectivity index (χ0) is 24.9. The number of nitrogens with zero attached hydrogens (tertiary/aromatic N) is 6. The van der Waals surface area contributed by atoms with Gasteiger partial charge in [-0.2, -0.15) is 4.98 Å². The Morgan fingerprint density at radius 3 is 2.63 bits per heavy atom. The number of imidazole rings is 1. The maximum absolute atomic E-state index is 15.3. The molecule has 4 aromatic heterocycles. The van der Waals surface area contributed by atoms with Gasteiger partial charge in [0.1, 0.15) is 16.9 Å². The lowest BCUT2D eigenvalue weighted by Crippen LogP contribution is -2.36. The number of halogens is 3. The van der Waals surface area contributed by atoms with Gasteiger partial charge in [0.25, 0.3) is 6.43 Å². The number of nitrogens with one attached hydrogen (secondary N) is 2. The van der Waals surface area contributed by atoms with Gasteiger partial charge < -0.3 is 20.3 Å². The summed E-state index contributed by atoms with van der Waals surface area (Å²) in [5, 5.41) is 20.9. The van der Waals surface area contributed by atoms with Crippen LogP contribution in [0.2, 0.25) is 0 Å². The van der Waals surface area contributed by atoms with Crippen LogP contribution in [0.3, 0.4) is 0 Å². The second-order valence-electron chi connectivity index (χ2n) is 9.29. The van der Waals surface area contributed by atoms with Crippen molar-refractivity contribution in [2.75, 3.05) is 17.7 Å². The fraction of sp³-hybridized carbons (Fsp3) is 0.478. The maximum Gasteiger partial charge on any atom is 0.256 e. The number of hydrogen-bond donors (Lipinski definition) is 3. The smallest absolute Gasteiger partial charge is 0.256 e. The zero-order valence-electron chi connectivity index (χ0n) is 19.7. The zero-order valence-corrected chi connectivity index (χ0v) is 19.7. The van der Waals surface area contributed by atoms with Crippen molar-refractivity contribution in [2.45, 2.75) is 64.1 Å². The molecule has 9 nitrogen and oxygen atoms in total. The van der Waals surface area contributed by atoms with Gasteiger partial charge >= 0.3 is 0 Å². The summed E-state index contributed by atoms with van der Waals surface area (Å²) < 4.78 is 44.2. The van der Waals surface area contributed by atoms with E-state index in [-0.39, 0.29) is 22.9 Å². The van der Waals surface area contributed by atoms with Crippen molar-refractivity contribution in [2.24, 2.45) is 0 Å². The lowest BCUT2D eigenvalue weighted by molar-refractivity contribution is 0.0195. The molecule has 35 heavy (non-hydrogen) atoms. The maximum atomic E-state index is 15.3. The van der Waals surface area contributed by atoms with Crippen LogP contribution in [0.5, 0.6) is 0 Å². The Bertz CT molecular complexity index is 1390. The van der Waals surface area contributed by atoms with Crippen LogP contribution in [-0.2, 0) is 6.54 Å². The molecule has 0 unspecified atom stereocenters. The highest BCUT2D eigenvalue weighted by atomic mass is 19.3. The van der Waals surface area contributed by atoms with Gasteiger partial charge in [-0.1, -0.05) is 0 Å². The minimum Gasteiger partial charge on any atom is -0.390 e. The Hall–Kier alpha value is -3.41. The first-order chi connectivity index (χ1) is 16.6. The molecule has 0 saturated heterocycles. The average molecular weight is 489 g/mol. The third-order valence-electron chi connectivity index (χ3n) is 6.58. The quantitative estimate of drug-likeness (QED) is 0.377. The highest BCUT2D eigenvalue weighted by molar-refractivity contribution is 5.89. The molecule has 1 fully saturated rings. The minimum absolute atomic E-state index is 0.0969. The molecule has 0 bridgehead atoms. The number of aromatic nitrogens is 6. The van der Waals surface area contributed by atoms with Crippen LogP contribution in [-0.4, -0.2) is 59.4 Å². The Morgan fingerprint density at radius 1 is 1.20 bits per heavy atom. The molecule has 0 amide bonds. The van der Waals surface area contributed by atoms with E-state index in [9.17, 15) is 13.9 Å². The number of alkyl halides is 2. The van der Waals surface area contributed by atoms with Gasteiger partial charge in [0, 0.05) is 13.1 Å². The molecule has 4 heterocycles. The van der Waals surface area contributed by atoms with E-state index in [1.165, 1.54) is 15.3 Å². The summed E-state index contributed by atoms with van der Waals surface area (Å²) in [5.41, 5.74) is 0.874. The van der Waals surface area contributed by atoms with Crippen LogP contribution in [0.15, 0.2) is 18.3 Å². The van der Waals surface area contributed by atoms with Crippen LogP contribution >= 0.6 is 0 Å². The molecule has 4 aromatic rings. The Balaban J connectivity index is 1.55. The third-order valence-corrected chi connectivity index (χ3v) is 6.58. The molecule has 1 aliphatic rings. The largest absolute Gasteiger partial charge is 0.390 e. The van der Waals surface area contributed by atoms with E-state index in [1.807, 2.05) is 6.92 Å². The van der Waals surface area contributed by atoms with Gasteiger partial charge in [0.15, 0.2) is 17.3 Å². The number of anilines is 2. The molecule has 0 aliphatic heterocycles. The summed E-state index contributed by atoms with van der Waals surface area (Å²) in [6, 6.07) is 3.35. The fourth-order valence-electron chi connectivity index (χ4n) is 4.71. The van der Waals surface area contributed by atoms with Crippen molar-refractivity contribution in [1.29, 1.82) is 0 Å². The first-order valence-corrected chi connectivity index (χ1v) is 11.5. The van der Waals surface area contributed by atoms with E-state index < -0.39 is 24.4 Å². The molecular formula is C23H27F3N8O. The third kappa shape index (κ3) is 4.38. The lowest BCUT2D eigenvalue weighted by Gasteiger charge is -2.33. The van der Waals surface area contributed by atoms with Crippen LogP contribution in [0.25, 0.3) is 27.9 Å². The van der Waals surface area contributed by atoms with Gasteiger partial charge in [-0.05, 0) is 51.7 Å². The Kier molecular flexibility index (Phi) is 5.78. The molecule has 1 aliphatic carbocycles. The number of rotatable bonds is 6. The second-order valence-corrected chi connectivity index (χ2v) is 9.29. The first-order valence-electron chi connectivity index (χ1n) is 11.5. The van der Waals surface area contributed by atoms with Gasteiger partial charge in [-0.15, -0.1) is 5.10 Å². The van der Waals surface area contributed by atoms with Gasteiger partial charge in [0.05, 0.1) is 29.6 Å². The fourth-order valence-corrected chi connectivity index (χ4v) is 4.71. The summed E-state index contributed by atoms with van der Waals surface area (Å²) in [6.45, 7) is 2.92. The molecule has 0 spiro atoms. The highest BCUT2D eigenvalue weighted by Crippen LogP contribution is 2.34. The number of pyridine rings is 1. The Morgan fingerprint density at radius 2 is 1.94 bits per heavy atom. The molecule has 1 saturated carbocycles. The van der Waals surface area contributed by atoms with Gasteiger partial charge in [-0.25, -0.2) is 27.7 Å². The predicted molar refractivity (Wildman–Crippen MR) is 126 cm³/mol. The minimum atomic E-state index is -2.57. The van der Waals surface area contributed by atoms with E-state index in [0.717, 1.165) is 12.8 Å². The standard InChI is InChI=1S/C23H27F3N8O/c1-12-28-16-5-4-15(30-21(16)33(12)11-17(25)26)18-14(24)10-34-19(18)20(27-3)31-22(32-34)29-13-6-8-23(2,35)9-7-13/h4-5,10,13,17,35H,6-9,11H2,1-3H3,(H2,27,29,31,32). The van der Waals surface area contributed by atoms with Crippen LogP contribution in [0, 0.1) is 12.7 Å². The van der Waals surface area contributed by atoms with Crippen molar-refractivity contribution in [3.63, 3.8) is 0 Å². The van der Waals surface area contributed by atoms with E-state index in [1.54, 1.807) is 26.1 Å². The predicted octanol–water partition coefficient (Wildman–Crippen LogP) is 4.00. The second kappa shape index (κ2) is 8.67. The average Bonchev–Trinajstić information content (AvgIpc) is 3.29. The summed E-state index contributed by atoms with van der Waals surface area (Å²) in [6.07, 6.45) is 1.55. The highest BCUT2D eigenvalue weighted by Gasteiger charge is 2.29. The normalized spacial score (nSPS) is 20.7. The van der Waals surface area contributed by atoms with Crippen LogP contribution in [0.1, 0.15) is 38.4 Å². The summed E-state index contributed by atoms with van der Waals surface area (Å²) in [7, 11) is 1.68. The molecule has 3 N–H and O–H groups in total. The van der Waals surface area contributed by atoms with Gasteiger partial charge in [0.2, 0.25) is 5.95 Å². The van der Waals surface area contributed by atoms with E-state index >= 15 is 4.39 Å². The lowest BCUT2D eigenvalue weighted by atomic mass is 9.84. The van der Waals surface area contributed by atoms with Crippen molar-refractivity contribution in [3.8, 4) is 11.3 Å². The van der Waals surface area contributed by atoms with Crippen molar-refractivity contribution in [1.82, 2.24) is 29.1 Å². The number of aryl methyl sites for hydroxylation is 1. The van der Waals surface area contributed by atoms with Crippen LogP contribution in [0.4, 0.5) is 24.9 Å². The number of fused-ring (bicyclic) bond motifs is 2. The summed E-state index contributed by atoms with van der Waals surface area (Å²) in [5.74, 6) is 0.573.